The maximum absolute atomic E-state index is 13.5. The van der Waals surface area contributed by atoms with Crippen molar-refractivity contribution in [3.63, 3.8) is 0 Å². The SMILES string of the molecule is COc1ccc(C)cc1C(=O)O[C@@H](C)C(=O)Nc1ccccc1F. The van der Waals surface area contributed by atoms with Gasteiger partial charge in [-0.2, -0.15) is 0 Å². The second-order valence-corrected chi connectivity index (χ2v) is 5.22. The predicted octanol–water partition coefficient (Wildman–Crippen LogP) is 3.33. The molecule has 0 aliphatic heterocycles. The Kier molecular flexibility index (Phi) is 5.52. The molecule has 0 unspecified atom stereocenters. The molecule has 126 valence electrons. The van der Waals surface area contributed by atoms with E-state index in [-0.39, 0.29) is 11.3 Å². The van der Waals surface area contributed by atoms with Gasteiger partial charge in [-0.25, -0.2) is 9.18 Å². The van der Waals surface area contributed by atoms with Crippen LogP contribution >= 0.6 is 0 Å². The number of ether oxygens (including phenoxy) is 2. The van der Waals surface area contributed by atoms with Gasteiger partial charge in [-0.3, -0.25) is 4.79 Å². The molecule has 1 N–H and O–H groups in total. The standard InChI is InChI=1S/C18H18FNO4/c1-11-8-9-16(23-3)13(10-11)18(22)24-12(2)17(21)20-15-7-5-4-6-14(15)19/h4-10,12H,1-3H3,(H,20,21)/t12-/m0/s1. The van der Waals surface area contributed by atoms with Gasteiger partial charge in [0.05, 0.1) is 12.8 Å². The van der Waals surface area contributed by atoms with E-state index in [0.29, 0.717) is 5.75 Å². The van der Waals surface area contributed by atoms with E-state index in [1.807, 2.05) is 6.92 Å². The van der Waals surface area contributed by atoms with Crippen LogP contribution in [0.1, 0.15) is 22.8 Å². The Morgan fingerprint density at radius 2 is 1.88 bits per heavy atom. The van der Waals surface area contributed by atoms with Crippen molar-refractivity contribution in [1.29, 1.82) is 0 Å². The van der Waals surface area contributed by atoms with Gasteiger partial charge in [0.15, 0.2) is 6.10 Å². The van der Waals surface area contributed by atoms with Crippen LogP contribution in [0.4, 0.5) is 10.1 Å². The number of esters is 1. The largest absolute Gasteiger partial charge is 0.496 e. The summed E-state index contributed by atoms with van der Waals surface area (Å²) in [6.45, 7) is 3.24. The fourth-order valence-electron chi connectivity index (χ4n) is 2.06. The lowest BCUT2D eigenvalue weighted by molar-refractivity contribution is -0.123. The minimum Gasteiger partial charge on any atom is -0.496 e. The third-order valence-electron chi connectivity index (χ3n) is 3.36. The highest BCUT2D eigenvalue weighted by Crippen LogP contribution is 2.21. The summed E-state index contributed by atoms with van der Waals surface area (Å²) in [5.74, 6) is -1.52. The molecule has 5 nitrogen and oxygen atoms in total. The average Bonchev–Trinajstić information content (AvgIpc) is 2.56. The topological polar surface area (TPSA) is 64.6 Å². The Morgan fingerprint density at radius 1 is 1.17 bits per heavy atom. The van der Waals surface area contributed by atoms with Gasteiger partial charge >= 0.3 is 5.97 Å². The van der Waals surface area contributed by atoms with Crippen molar-refractivity contribution in [3.8, 4) is 5.75 Å². The first-order valence-electron chi connectivity index (χ1n) is 7.33. The van der Waals surface area contributed by atoms with E-state index in [4.69, 9.17) is 9.47 Å². The van der Waals surface area contributed by atoms with Crippen molar-refractivity contribution < 1.29 is 23.5 Å². The summed E-state index contributed by atoms with van der Waals surface area (Å²) >= 11 is 0. The highest BCUT2D eigenvalue weighted by Gasteiger charge is 2.22. The number of amides is 1. The molecule has 2 aromatic carbocycles. The van der Waals surface area contributed by atoms with E-state index in [9.17, 15) is 14.0 Å². The summed E-state index contributed by atoms with van der Waals surface area (Å²) in [7, 11) is 1.44. The molecule has 0 radical (unpaired) electrons. The first kappa shape index (κ1) is 17.5. The zero-order valence-corrected chi connectivity index (χ0v) is 13.6. The summed E-state index contributed by atoms with van der Waals surface area (Å²) in [6.07, 6.45) is -1.10. The van der Waals surface area contributed by atoms with Crippen LogP contribution in [0.3, 0.4) is 0 Å². The molecule has 0 bridgehead atoms. The summed E-state index contributed by atoms with van der Waals surface area (Å²) in [5.41, 5.74) is 1.10. The number of hydrogen-bond acceptors (Lipinski definition) is 4. The second kappa shape index (κ2) is 7.59. The number of halogens is 1. The van der Waals surface area contributed by atoms with Crippen LogP contribution in [-0.2, 0) is 9.53 Å². The van der Waals surface area contributed by atoms with Crippen molar-refractivity contribution in [2.24, 2.45) is 0 Å². The lowest BCUT2D eigenvalue weighted by atomic mass is 10.1. The number of carbonyl (C=O) groups excluding carboxylic acids is 2. The molecule has 6 heteroatoms. The molecule has 0 saturated heterocycles. The van der Waals surface area contributed by atoms with E-state index in [1.165, 1.54) is 32.2 Å². The summed E-state index contributed by atoms with van der Waals surface area (Å²) in [5, 5.41) is 2.38. The van der Waals surface area contributed by atoms with E-state index < -0.39 is 23.8 Å². The van der Waals surface area contributed by atoms with Gasteiger partial charge in [-0.05, 0) is 38.1 Å². The number of nitrogens with one attached hydrogen (secondary N) is 1. The van der Waals surface area contributed by atoms with E-state index in [2.05, 4.69) is 5.32 Å². The predicted molar refractivity (Wildman–Crippen MR) is 87.6 cm³/mol. The van der Waals surface area contributed by atoms with Crippen LogP contribution < -0.4 is 10.1 Å². The highest BCUT2D eigenvalue weighted by molar-refractivity contribution is 5.98. The van der Waals surface area contributed by atoms with Crippen LogP contribution in [0.5, 0.6) is 5.75 Å². The van der Waals surface area contributed by atoms with Gasteiger partial charge in [0.2, 0.25) is 0 Å². The second-order valence-electron chi connectivity index (χ2n) is 5.22. The molecule has 0 fully saturated rings. The molecule has 2 rings (SSSR count). The van der Waals surface area contributed by atoms with Gasteiger partial charge < -0.3 is 14.8 Å². The molecule has 2 aromatic rings. The monoisotopic (exact) mass is 331 g/mol. The maximum atomic E-state index is 13.5. The highest BCUT2D eigenvalue weighted by atomic mass is 19.1. The Morgan fingerprint density at radius 3 is 2.54 bits per heavy atom. The Labute approximate surface area is 139 Å². The number of aryl methyl sites for hydroxylation is 1. The molecule has 1 atom stereocenters. The first-order valence-corrected chi connectivity index (χ1v) is 7.33. The molecule has 0 aromatic heterocycles. The molecule has 0 heterocycles. The minimum atomic E-state index is -1.10. The molecule has 0 aliphatic rings. The van der Waals surface area contributed by atoms with Crippen molar-refractivity contribution in [2.45, 2.75) is 20.0 Å². The molecule has 0 spiro atoms. The van der Waals surface area contributed by atoms with Crippen molar-refractivity contribution >= 4 is 17.6 Å². The molecular formula is C18H18FNO4. The molecule has 1 amide bonds. The van der Waals surface area contributed by atoms with Crippen LogP contribution in [-0.4, -0.2) is 25.1 Å². The number of benzene rings is 2. The third kappa shape index (κ3) is 4.10. The molecule has 0 aliphatic carbocycles. The summed E-state index contributed by atoms with van der Waals surface area (Å²) in [6, 6.07) is 10.8. The van der Waals surface area contributed by atoms with Gasteiger partial charge in [-0.15, -0.1) is 0 Å². The van der Waals surface area contributed by atoms with Gasteiger partial charge in [0.1, 0.15) is 17.1 Å². The molecule has 24 heavy (non-hydrogen) atoms. The molecule has 0 saturated carbocycles. The summed E-state index contributed by atoms with van der Waals surface area (Å²) < 4.78 is 23.8. The van der Waals surface area contributed by atoms with Crippen LogP contribution in [0.2, 0.25) is 0 Å². The Hall–Kier alpha value is -2.89. The van der Waals surface area contributed by atoms with Gasteiger partial charge in [0.25, 0.3) is 5.91 Å². The number of rotatable bonds is 5. The first-order chi connectivity index (χ1) is 11.4. The maximum Gasteiger partial charge on any atom is 0.342 e. The lowest BCUT2D eigenvalue weighted by Crippen LogP contribution is -2.30. The Bertz CT molecular complexity index is 760. The number of carbonyl (C=O) groups is 2. The van der Waals surface area contributed by atoms with Gasteiger partial charge in [-0.1, -0.05) is 23.8 Å². The zero-order chi connectivity index (χ0) is 17.7. The smallest absolute Gasteiger partial charge is 0.342 e. The summed E-state index contributed by atoms with van der Waals surface area (Å²) in [4.78, 5) is 24.3. The van der Waals surface area contributed by atoms with Gasteiger partial charge in [0, 0.05) is 0 Å². The normalized spacial score (nSPS) is 11.5. The fraction of sp³-hybridized carbons (Fsp3) is 0.222. The van der Waals surface area contributed by atoms with E-state index in [0.717, 1.165) is 5.56 Å². The van der Waals surface area contributed by atoms with Crippen molar-refractivity contribution in [2.75, 3.05) is 12.4 Å². The molecular weight excluding hydrogens is 313 g/mol. The Balaban J connectivity index is 2.07. The van der Waals surface area contributed by atoms with Crippen LogP contribution in [0.15, 0.2) is 42.5 Å². The zero-order valence-electron chi connectivity index (χ0n) is 13.6. The van der Waals surface area contributed by atoms with Crippen LogP contribution in [0.25, 0.3) is 0 Å². The minimum absolute atomic E-state index is 0.0264. The number of anilines is 1. The number of methoxy groups -OCH3 is 1. The number of para-hydroxylation sites is 1. The third-order valence-corrected chi connectivity index (χ3v) is 3.36. The van der Waals surface area contributed by atoms with E-state index >= 15 is 0 Å². The number of hydrogen-bond donors (Lipinski definition) is 1. The van der Waals surface area contributed by atoms with Crippen molar-refractivity contribution in [1.82, 2.24) is 0 Å². The average molecular weight is 331 g/mol. The lowest BCUT2D eigenvalue weighted by Gasteiger charge is -2.15. The quantitative estimate of drug-likeness (QED) is 0.854. The van der Waals surface area contributed by atoms with E-state index in [1.54, 1.807) is 24.3 Å². The van der Waals surface area contributed by atoms with Crippen LogP contribution in [0, 0.1) is 12.7 Å². The fourth-order valence-corrected chi connectivity index (χ4v) is 2.06. The van der Waals surface area contributed by atoms with Crippen molar-refractivity contribution in [3.05, 3.63) is 59.4 Å².